The van der Waals surface area contributed by atoms with E-state index in [0.29, 0.717) is 23.1 Å². The van der Waals surface area contributed by atoms with Gasteiger partial charge >= 0.3 is 5.97 Å². The van der Waals surface area contributed by atoms with Crippen LogP contribution in [0.2, 0.25) is 0 Å². The second kappa shape index (κ2) is 10.7. The lowest BCUT2D eigenvalue weighted by atomic mass is 9.95. The van der Waals surface area contributed by atoms with Crippen molar-refractivity contribution in [3.63, 3.8) is 0 Å². The number of carbonyl (C=O) groups excluding carboxylic acids is 2. The monoisotopic (exact) mass is 456 g/mol. The van der Waals surface area contributed by atoms with Gasteiger partial charge in [-0.15, -0.1) is 11.3 Å². The van der Waals surface area contributed by atoms with Gasteiger partial charge in [0, 0.05) is 11.0 Å². The molecule has 1 aliphatic carbocycles. The average molecular weight is 457 g/mol. The molecule has 3 rings (SSSR count). The fraction of sp³-hybridized carbons (Fsp3) is 0.375. The molecule has 7 heteroatoms. The second-order valence-electron chi connectivity index (χ2n) is 7.73. The molecule has 0 aliphatic heterocycles. The number of esters is 1. The van der Waals surface area contributed by atoms with Crippen molar-refractivity contribution in [1.29, 1.82) is 0 Å². The van der Waals surface area contributed by atoms with Crippen LogP contribution >= 0.6 is 23.6 Å². The molecule has 2 aromatic rings. The third-order valence-electron chi connectivity index (χ3n) is 5.14. The number of hydrogen-bond acceptors (Lipinski definition) is 5. The third kappa shape index (κ3) is 6.02. The smallest absolute Gasteiger partial charge is 0.341 e. The van der Waals surface area contributed by atoms with Gasteiger partial charge in [-0.1, -0.05) is 38.1 Å². The van der Waals surface area contributed by atoms with Crippen LogP contribution in [0.3, 0.4) is 0 Å². The Morgan fingerprint density at radius 3 is 2.58 bits per heavy atom. The SMILES string of the molecule is CCOC(=O)c1c(NC(=S)NC(=O)C=Cc2ccc(C(C)C)cc2)sc2c1CCCC2. The van der Waals surface area contributed by atoms with Crippen LogP contribution in [0.15, 0.2) is 30.3 Å². The number of fused-ring (bicyclic) bond motifs is 1. The predicted molar refractivity (Wildman–Crippen MR) is 131 cm³/mol. The molecule has 0 radical (unpaired) electrons. The Labute approximate surface area is 192 Å². The van der Waals surface area contributed by atoms with Crippen molar-refractivity contribution in [3.05, 3.63) is 57.5 Å². The normalized spacial score (nSPS) is 13.2. The first kappa shape index (κ1) is 23.2. The summed E-state index contributed by atoms with van der Waals surface area (Å²) >= 11 is 6.83. The fourth-order valence-corrected chi connectivity index (χ4v) is 5.07. The molecular formula is C24H28N2O3S2. The van der Waals surface area contributed by atoms with Crippen LogP contribution < -0.4 is 10.6 Å². The second-order valence-corrected chi connectivity index (χ2v) is 9.25. The Morgan fingerprint density at radius 1 is 1.19 bits per heavy atom. The minimum absolute atomic E-state index is 0.161. The van der Waals surface area contributed by atoms with E-state index in [4.69, 9.17) is 17.0 Å². The van der Waals surface area contributed by atoms with Gasteiger partial charge in [0.05, 0.1) is 12.2 Å². The van der Waals surface area contributed by atoms with Crippen molar-refractivity contribution in [2.24, 2.45) is 0 Å². The van der Waals surface area contributed by atoms with Gasteiger partial charge in [-0.2, -0.15) is 0 Å². The summed E-state index contributed by atoms with van der Waals surface area (Å²) < 4.78 is 5.25. The molecule has 1 aliphatic rings. The zero-order chi connectivity index (χ0) is 22.4. The summed E-state index contributed by atoms with van der Waals surface area (Å²) in [6.07, 6.45) is 7.17. The van der Waals surface area contributed by atoms with Gasteiger partial charge in [-0.25, -0.2) is 4.79 Å². The van der Waals surface area contributed by atoms with E-state index in [-0.39, 0.29) is 17.0 Å². The number of rotatable bonds is 6. The molecule has 1 heterocycles. The molecule has 2 N–H and O–H groups in total. The van der Waals surface area contributed by atoms with Crippen LogP contribution in [0.5, 0.6) is 0 Å². The van der Waals surface area contributed by atoms with Gasteiger partial charge < -0.3 is 10.1 Å². The van der Waals surface area contributed by atoms with Crippen molar-refractivity contribution < 1.29 is 14.3 Å². The van der Waals surface area contributed by atoms with Gasteiger partial charge in [0.1, 0.15) is 5.00 Å². The maximum Gasteiger partial charge on any atom is 0.341 e. The van der Waals surface area contributed by atoms with Gasteiger partial charge in [0.15, 0.2) is 5.11 Å². The minimum atomic E-state index is -0.344. The Morgan fingerprint density at radius 2 is 1.90 bits per heavy atom. The lowest BCUT2D eigenvalue weighted by molar-refractivity contribution is -0.115. The number of aryl methyl sites for hydroxylation is 1. The van der Waals surface area contributed by atoms with Crippen molar-refractivity contribution in [2.45, 2.75) is 52.4 Å². The van der Waals surface area contributed by atoms with Crippen LogP contribution in [0.25, 0.3) is 6.08 Å². The summed E-state index contributed by atoms with van der Waals surface area (Å²) in [5, 5.41) is 6.50. The van der Waals surface area contributed by atoms with Crippen molar-refractivity contribution in [3.8, 4) is 0 Å². The fourth-order valence-electron chi connectivity index (χ4n) is 3.53. The average Bonchev–Trinajstić information content (AvgIpc) is 3.10. The van der Waals surface area contributed by atoms with Gasteiger partial charge in [0.25, 0.3) is 0 Å². The van der Waals surface area contributed by atoms with Crippen molar-refractivity contribution in [1.82, 2.24) is 5.32 Å². The lowest BCUT2D eigenvalue weighted by Gasteiger charge is -2.12. The molecule has 1 aromatic carbocycles. The molecule has 0 unspecified atom stereocenters. The van der Waals surface area contributed by atoms with Gasteiger partial charge in [-0.05, 0) is 73.5 Å². The highest BCUT2D eigenvalue weighted by atomic mass is 32.1. The first-order chi connectivity index (χ1) is 14.9. The zero-order valence-corrected chi connectivity index (χ0v) is 19.8. The summed E-state index contributed by atoms with van der Waals surface area (Å²) in [5.74, 6) is -0.208. The molecule has 0 fully saturated rings. The summed E-state index contributed by atoms with van der Waals surface area (Å²) in [6, 6.07) is 8.09. The Balaban J connectivity index is 1.65. The molecule has 0 saturated carbocycles. The third-order valence-corrected chi connectivity index (χ3v) is 6.56. The number of benzene rings is 1. The number of thiophene rings is 1. The Kier molecular flexibility index (Phi) is 7.98. The summed E-state index contributed by atoms with van der Waals surface area (Å²) in [6.45, 7) is 6.39. The van der Waals surface area contributed by atoms with Crippen LogP contribution in [0.1, 0.15) is 71.5 Å². The minimum Gasteiger partial charge on any atom is -0.462 e. The van der Waals surface area contributed by atoms with Crippen LogP contribution in [0.4, 0.5) is 5.00 Å². The summed E-state index contributed by atoms with van der Waals surface area (Å²) in [4.78, 5) is 26.0. The maximum absolute atomic E-state index is 12.5. The maximum atomic E-state index is 12.5. The van der Waals surface area contributed by atoms with E-state index in [9.17, 15) is 9.59 Å². The molecule has 0 spiro atoms. The van der Waals surface area contributed by atoms with Gasteiger partial charge in [0.2, 0.25) is 5.91 Å². The molecule has 31 heavy (non-hydrogen) atoms. The number of nitrogens with one attached hydrogen (secondary N) is 2. The van der Waals surface area contributed by atoms with E-state index >= 15 is 0 Å². The molecule has 164 valence electrons. The summed E-state index contributed by atoms with van der Waals surface area (Å²) in [5.41, 5.74) is 3.80. The first-order valence-electron chi connectivity index (χ1n) is 10.6. The number of ether oxygens (including phenoxy) is 1. The van der Waals surface area contributed by atoms with E-state index in [1.54, 1.807) is 13.0 Å². The topological polar surface area (TPSA) is 67.4 Å². The molecule has 5 nitrogen and oxygen atoms in total. The molecule has 0 saturated heterocycles. The highest BCUT2D eigenvalue weighted by Gasteiger charge is 2.26. The van der Waals surface area contributed by atoms with Crippen LogP contribution in [-0.2, 0) is 22.4 Å². The van der Waals surface area contributed by atoms with E-state index in [1.165, 1.54) is 27.9 Å². The molecular weight excluding hydrogens is 428 g/mol. The molecule has 0 bridgehead atoms. The molecule has 0 atom stereocenters. The first-order valence-corrected chi connectivity index (χ1v) is 11.8. The quantitative estimate of drug-likeness (QED) is 0.344. The summed E-state index contributed by atoms with van der Waals surface area (Å²) in [7, 11) is 0. The lowest BCUT2D eigenvalue weighted by Crippen LogP contribution is -2.33. The highest BCUT2D eigenvalue weighted by molar-refractivity contribution is 7.80. The van der Waals surface area contributed by atoms with Crippen molar-refractivity contribution in [2.75, 3.05) is 11.9 Å². The van der Waals surface area contributed by atoms with E-state index in [1.807, 2.05) is 12.1 Å². The standard InChI is InChI=1S/C24H28N2O3S2/c1-4-29-23(28)21-18-7-5-6-8-19(18)31-22(21)26-24(30)25-20(27)14-11-16-9-12-17(13-10-16)15(2)3/h9-15H,4-8H2,1-3H3,(H2,25,26,27,30). The Bertz CT molecular complexity index is 991. The largest absolute Gasteiger partial charge is 0.462 e. The van der Waals surface area contributed by atoms with Gasteiger partial charge in [-0.3, -0.25) is 10.1 Å². The van der Waals surface area contributed by atoms with E-state index in [2.05, 4.69) is 36.6 Å². The van der Waals surface area contributed by atoms with Crippen LogP contribution in [-0.4, -0.2) is 23.6 Å². The number of thiocarbonyl (C=S) groups is 1. The number of carbonyl (C=O) groups is 2. The van der Waals surface area contributed by atoms with E-state index in [0.717, 1.165) is 36.8 Å². The molecule has 1 aromatic heterocycles. The highest BCUT2D eigenvalue weighted by Crippen LogP contribution is 2.38. The van der Waals surface area contributed by atoms with E-state index < -0.39 is 0 Å². The number of hydrogen-bond donors (Lipinski definition) is 2. The van der Waals surface area contributed by atoms with Crippen LogP contribution in [0, 0.1) is 0 Å². The molecule has 1 amide bonds. The predicted octanol–water partition coefficient (Wildman–Crippen LogP) is 5.45. The van der Waals surface area contributed by atoms with Crippen molar-refractivity contribution >= 4 is 51.6 Å². The zero-order valence-electron chi connectivity index (χ0n) is 18.1. The Hall–Kier alpha value is -2.51. The number of anilines is 1. The number of amides is 1.